The molecule has 0 bridgehead atoms. The second-order valence-corrected chi connectivity index (χ2v) is 8.67. The van der Waals surface area contributed by atoms with Gasteiger partial charge in [-0.2, -0.15) is 0 Å². The number of carbonyl (C=O) groups is 2. The minimum Gasteiger partial charge on any atom is -0.339 e. The SMILES string of the molecule is CCCN(CCC)C(=O)c1ccc(NC(=O)c2nnn(-c3ccc(C)cc3)c2C2CC2)cc1. The van der Waals surface area contributed by atoms with Gasteiger partial charge in [0.15, 0.2) is 5.69 Å². The Morgan fingerprint density at radius 2 is 1.64 bits per heavy atom. The molecule has 7 nitrogen and oxygen atoms in total. The van der Waals surface area contributed by atoms with Crippen molar-refractivity contribution in [2.24, 2.45) is 0 Å². The molecule has 2 amide bonds. The molecule has 3 aromatic rings. The maximum atomic E-state index is 13.1. The molecule has 0 saturated heterocycles. The first-order chi connectivity index (χ1) is 16.0. The molecule has 1 N–H and O–H groups in total. The fourth-order valence-electron chi connectivity index (χ4n) is 3.97. The van der Waals surface area contributed by atoms with Crippen molar-refractivity contribution in [1.29, 1.82) is 0 Å². The van der Waals surface area contributed by atoms with Crippen molar-refractivity contribution in [3.05, 3.63) is 71.0 Å². The molecular weight excluding hydrogens is 414 g/mol. The topological polar surface area (TPSA) is 80.1 Å². The Hall–Kier alpha value is -3.48. The summed E-state index contributed by atoms with van der Waals surface area (Å²) in [6.45, 7) is 7.66. The molecule has 2 aromatic carbocycles. The highest BCUT2D eigenvalue weighted by Crippen LogP contribution is 2.42. The number of aryl methyl sites for hydroxylation is 1. The number of nitrogens with zero attached hydrogens (tertiary/aromatic N) is 4. The number of benzene rings is 2. The van der Waals surface area contributed by atoms with Crippen molar-refractivity contribution < 1.29 is 9.59 Å². The predicted molar refractivity (Wildman–Crippen MR) is 129 cm³/mol. The molecule has 33 heavy (non-hydrogen) atoms. The summed E-state index contributed by atoms with van der Waals surface area (Å²) in [4.78, 5) is 27.7. The van der Waals surface area contributed by atoms with Gasteiger partial charge in [0.2, 0.25) is 0 Å². The first-order valence-electron chi connectivity index (χ1n) is 11.7. The molecule has 0 spiro atoms. The highest BCUT2D eigenvalue weighted by atomic mass is 16.2. The Bertz CT molecular complexity index is 1110. The number of amides is 2. The van der Waals surface area contributed by atoms with E-state index in [-0.39, 0.29) is 11.8 Å². The van der Waals surface area contributed by atoms with Crippen LogP contribution in [-0.2, 0) is 0 Å². The normalized spacial score (nSPS) is 13.1. The first-order valence-corrected chi connectivity index (χ1v) is 11.7. The molecule has 1 aliphatic rings. The molecule has 1 heterocycles. The number of nitrogens with one attached hydrogen (secondary N) is 1. The smallest absolute Gasteiger partial charge is 0.278 e. The van der Waals surface area contributed by atoms with E-state index in [1.165, 1.54) is 5.56 Å². The molecule has 7 heteroatoms. The maximum Gasteiger partial charge on any atom is 0.278 e. The summed E-state index contributed by atoms with van der Waals surface area (Å²) in [6.07, 6.45) is 3.91. The van der Waals surface area contributed by atoms with Crippen LogP contribution in [0.1, 0.15) is 77.6 Å². The Morgan fingerprint density at radius 1 is 1.00 bits per heavy atom. The van der Waals surface area contributed by atoms with Gasteiger partial charge >= 0.3 is 0 Å². The number of carbonyl (C=O) groups excluding carboxylic acids is 2. The fourth-order valence-corrected chi connectivity index (χ4v) is 3.97. The summed E-state index contributed by atoms with van der Waals surface area (Å²) in [6, 6.07) is 15.1. The number of aromatic nitrogens is 3. The van der Waals surface area contributed by atoms with Gasteiger partial charge in [-0.25, -0.2) is 4.68 Å². The molecule has 172 valence electrons. The van der Waals surface area contributed by atoms with Gasteiger partial charge in [0.05, 0.1) is 11.4 Å². The number of anilines is 1. The van der Waals surface area contributed by atoms with Crippen LogP contribution >= 0.6 is 0 Å². The molecule has 0 radical (unpaired) electrons. The second-order valence-electron chi connectivity index (χ2n) is 8.67. The Morgan fingerprint density at radius 3 is 2.21 bits per heavy atom. The van der Waals surface area contributed by atoms with E-state index in [2.05, 4.69) is 29.5 Å². The van der Waals surface area contributed by atoms with Crippen molar-refractivity contribution in [3.8, 4) is 5.69 Å². The van der Waals surface area contributed by atoms with E-state index in [0.29, 0.717) is 22.9 Å². The third-order valence-electron chi connectivity index (χ3n) is 5.83. The largest absolute Gasteiger partial charge is 0.339 e. The summed E-state index contributed by atoms with van der Waals surface area (Å²) in [5, 5.41) is 11.4. The van der Waals surface area contributed by atoms with Gasteiger partial charge in [-0.05, 0) is 69.0 Å². The van der Waals surface area contributed by atoms with Crippen LogP contribution in [0.3, 0.4) is 0 Å². The van der Waals surface area contributed by atoms with Crippen LogP contribution in [-0.4, -0.2) is 44.8 Å². The Balaban J connectivity index is 1.51. The van der Waals surface area contributed by atoms with Crippen LogP contribution in [0.25, 0.3) is 5.69 Å². The summed E-state index contributed by atoms with van der Waals surface area (Å²) >= 11 is 0. The van der Waals surface area contributed by atoms with Gasteiger partial charge in [-0.15, -0.1) is 5.10 Å². The van der Waals surface area contributed by atoms with Crippen LogP contribution in [0, 0.1) is 6.92 Å². The van der Waals surface area contributed by atoms with E-state index in [9.17, 15) is 9.59 Å². The van der Waals surface area contributed by atoms with Gasteiger partial charge in [-0.1, -0.05) is 36.8 Å². The maximum absolute atomic E-state index is 13.1. The molecule has 0 aliphatic heterocycles. The molecule has 4 rings (SSSR count). The first kappa shape index (κ1) is 22.7. The lowest BCUT2D eigenvalue weighted by molar-refractivity contribution is 0.0755. The van der Waals surface area contributed by atoms with Crippen molar-refractivity contribution in [2.75, 3.05) is 18.4 Å². The Kier molecular flexibility index (Phi) is 6.87. The monoisotopic (exact) mass is 445 g/mol. The summed E-state index contributed by atoms with van der Waals surface area (Å²) in [5.74, 6) is 0.0340. The number of rotatable bonds is 9. The van der Waals surface area contributed by atoms with Crippen molar-refractivity contribution in [3.63, 3.8) is 0 Å². The third-order valence-corrected chi connectivity index (χ3v) is 5.83. The van der Waals surface area contributed by atoms with Crippen molar-refractivity contribution >= 4 is 17.5 Å². The van der Waals surface area contributed by atoms with Crippen LogP contribution < -0.4 is 5.32 Å². The van der Waals surface area contributed by atoms with Crippen LogP contribution in [0.2, 0.25) is 0 Å². The van der Waals surface area contributed by atoms with E-state index in [0.717, 1.165) is 50.2 Å². The van der Waals surface area contributed by atoms with E-state index < -0.39 is 0 Å². The Labute approximate surface area is 194 Å². The zero-order valence-electron chi connectivity index (χ0n) is 19.5. The average Bonchev–Trinajstić information content (AvgIpc) is 3.57. The molecule has 1 fully saturated rings. The van der Waals surface area contributed by atoms with Crippen molar-refractivity contribution in [1.82, 2.24) is 19.9 Å². The zero-order chi connectivity index (χ0) is 23.4. The van der Waals surface area contributed by atoms with Crippen LogP contribution in [0.5, 0.6) is 0 Å². The van der Waals surface area contributed by atoms with Gasteiger partial charge in [-0.3, -0.25) is 9.59 Å². The average molecular weight is 446 g/mol. The van der Waals surface area contributed by atoms with E-state index in [1.54, 1.807) is 28.9 Å². The summed E-state index contributed by atoms with van der Waals surface area (Å²) in [7, 11) is 0. The lowest BCUT2D eigenvalue weighted by atomic mass is 10.1. The molecule has 1 aliphatic carbocycles. The fraction of sp³-hybridized carbons (Fsp3) is 0.385. The standard InChI is InChI=1S/C26H31N5O2/c1-4-16-30(17-5-2)26(33)20-10-12-21(13-11-20)27-25(32)23-24(19-8-9-19)31(29-28-23)22-14-6-18(3)7-15-22/h6-7,10-15,19H,4-5,8-9,16-17H2,1-3H3,(H,27,32). The van der Waals surface area contributed by atoms with E-state index in [4.69, 9.17) is 0 Å². The van der Waals surface area contributed by atoms with Gasteiger partial charge in [0.1, 0.15) is 0 Å². The van der Waals surface area contributed by atoms with Gasteiger partial charge in [0, 0.05) is 30.3 Å². The summed E-state index contributed by atoms with van der Waals surface area (Å²) in [5.41, 5.74) is 4.53. The lowest BCUT2D eigenvalue weighted by Crippen LogP contribution is -2.32. The van der Waals surface area contributed by atoms with Crippen LogP contribution in [0.15, 0.2) is 48.5 Å². The molecular formula is C26H31N5O2. The summed E-state index contributed by atoms with van der Waals surface area (Å²) < 4.78 is 1.78. The van der Waals surface area contributed by atoms with E-state index >= 15 is 0 Å². The number of hydrogen-bond donors (Lipinski definition) is 1. The molecule has 1 saturated carbocycles. The van der Waals surface area contributed by atoms with Crippen LogP contribution in [0.4, 0.5) is 5.69 Å². The molecule has 0 unspecified atom stereocenters. The quantitative estimate of drug-likeness (QED) is 0.504. The minimum absolute atomic E-state index is 0.0219. The second kappa shape index (κ2) is 9.98. The molecule has 0 atom stereocenters. The van der Waals surface area contributed by atoms with Gasteiger partial charge in [0.25, 0.3) is 11.8 Å². The number of hydrogen-bond acceptors (Lipinski definition) is 4. The van der Waals surface area contributed by atoms with Gasteiger partial charge < -0.3 is 10.2 Å². The zero-order valence-corrected chi connectivity index (χ0v) is 19.5. The highest BCUT2D eigenvalue weighted by molar-refractivity contribution is 6.04. The minimum atomic E-state index is -0.284. The van der Waals surface area contributed by atoms with E-state index in [1.807, 2.05) is 36.1 Å². The highest BCUT2D eigenvalue weighted by Gasteiger charge is 2.34. The molecule has 1 aromatic heterocycles. The predicted octanol–water partition coefficient (Wildman–Crippen LogP) is 4.97. The lowest BCUT2D eigenvalue weighted by Gasteiger charge is -2.21. The van der Waals surface area contributed by atoms with Crippen molar-refractivity contribution in [2.45, 2.75) is 52.4 Å². The third kappa shape index (κ3) is 5.13.